The van der Waals surface area contributed by atoms with Crippen LogP contribution in [-0.2, 0) is 33.5 Å². The highest BCUT2D eigenvalue weighted by atomic mass is 19.4. The summed E-state index contributed by atoms with van der Waals surface area (Å²) in [6.07, 6.45) is -3.65. The Balaban J connectivity index is 1.57. The van der Waals surface area contributed by atoms with Crippen molar-refractivity contribution in [1.82, 2.24) is 9.88 Å². The number of rotatable bonds is 11. The average molecular weight is 762 g/mol. The van der Waals surface area contributed by atoms with Gasteiger partial charge in [-0.1, -0.05) is 50.2 Å². The van der Waals surface area contributed by atoms with E-state index < -0.39 is 41.1 Å². The number of aromatic nitrogens is 1. The fourth-order valence-corrected chi connectivity index (χ4v) is 6.96. The van der Waals surface area contributed by atoms with Gasteiger partial charge in [-0.25, -0.2) is 9.18 Å². The van der Waals surface area contributed by atoms with Crippen LogP contribution in [0.15, 0.2) is 72.8 Å². The lowest BCUT2D eigenvalue weighted by Gasteiger charge is -2.41. The van der Waals surface area contributed by atoms with Crippen molar-refractivity contribution in [3.63, 3.8) is 0 Å². The van der Waals surface area contributed by atoms with E-state index in [2.05, 4.69) is 18.7 Å². The van der Waals surface area contributed by atoms with Crippen molar-refractivity contribution >= 4 is 17.6 Å². The Morgan fingerprint density at radius 3 is 1.91 bits per heavy atom. The number of piperidine rings is 1. The third kappa shape index (κ3) is 10.3. The minimum Gasteiger partial charge on any atom is -0.464 e. The fourth-order valence-electron chi connectivity index (χ4n) is 6.96. The van der Waals surface area contributed by atoms with Crippen LogP contribution in [0.3, 0.4) is 0 Å². The second-order valence-electron chi connectivity index (χ2n) is 16.0. The van der Waals surface area contributed by atoms with Crippen LogP contribution in [0.5, 0.6) is 0 Å². The van der Waals surface area contributed by atoms with Crippen molar-refractivity contribution in [2.75, 3.05) is 24.6 Å². The van der Waals surface area contributed by atoms with E-state index in [9.17, 15) is 27.2 Å². The zero-order valence-electron chi connectivity index (χ0n) is 32.9. The van der Waals surface area contributed by atoms with Crippen LogP contribution >= 0.6 is 0 Å². The molecule has 1 aromatic heterocycles. The third-order valence-electron chi connectivity index (χ3n) is 9.90. The van der Waals surface area contributed by atoms with E-state index in [1.807, 2.05) is 58.9 Å². The first-order chi connectivity index (χ1) is 25.8. The Morgan fingerprint density at radius 1 is 0.855 bits per heavy atom. The zero-order chi connectivity index (χ0) is 40.3. The summed E-state index contributed by atoms with van der Waals surface area (Å²) in [6, 6.07) is 17.6. The fraction of sp³-hybridized carbons (Fsp3) is 0.432. The number of nitrogens with zero attached hydrogens (tertiary/aromatic N) is 3. The van der Waals surface area contributed by atoms with Gasteiger partial charge in [-0.2, -0.15) is 13.2 Å². The summed E-state index contributed by atoms with van der Waals surface area (Å²) >= 11 is 0. The second kappa shape index (κ2) is 16.5. The molecule has 0 bridgehead atoms. The molecule has 11 heteroatoms. The minimum absolute atomic E-state index is 0.101. The normalized spacial score (nSPS) is 15.1. The van der Waals surface area contributed by atoms with Crippen LogP contribution < -0.4 is 4.90 Å². The number of carbonyl (C=O) groups is 2. The predicted octanol–water partition coefficient (Wildman–Crippen LogP) is 10.4. The Kier molecular flexibility index (Phi) is 12.4. The van der Waals surface area contributed by atoms with E-state index in [-0.39, 0.29) is 30.7 Å². The second-order valence-corrected chi connectivity index (χ2v) is 16.0. The van der Waals surface area contributed by atoms with Crippen LogP contribution in [0.2, 0.25) is 0 Å². The SMILES string of the molecule is CCOC(=O)[C@@H](OC(C)(C)C)c1c(C)nc(C)c(-c2ccc(CN(Cc3ccc(F)cc3)C(=O)c3ccc(C(F)(F)F)cc3)cc2)c1N1CCC(C)(C)CC1. The van der Waals surface area contributed by atoms with Crippen molar-refractivity contribution in [3.05, 3.63) is 118 Å². The van der Waals surface area contributed by atoms with Crippen molar-refractivity contribution in [3.8, 4) is 11.1 Å². The van der Waals surface area contributed by atoms with E-state index in [0.717, 1.165) is 66.1 Å². The van der Waals surface area contributed by atoms with Gasteiger partial charge < -0.3 is 19.3 Å². The smallest absolute Gasteiger partial charge is 0.416 e. The first-order valence-corrected chi connectivity index (χ1v) is 18.7. The molecule has 1 aliphatic heterocycles. The van der Waals surface area contributed by atoms with Crippen LogP contribution in [0.4, 0.5) is 23.2 Å². The Bertz CT molecular complexity index is 1960. The number of alkyl halides is 3. The number of hydrogen-bond acceptors (Lipinski definition) is 6. The molecule has 0 N–H and O–H groups in total. The molecule has 2 heterocycles. The Labute approximate surface area is 321 Å². The summed E-state index contributed by atoms with van der Waals surface area (Å²) < 4.78 is 65.6. The third-order valence-corrected chi connectivity index (χ3v) is 9.90. The van der Waals surface area contributed by atoms with Gasteiger partial charge >= 0.3 is 12.1 Å². The summed E-state index contributed by atoms with van der Waals surface area (Å²) in [4.78, 5) is 36.3. The summed E-state index contributed by atoms with van der Waals surface area (Å²) in [5, 5.41) is 0. The molecule has 294 valence electrons. The summed E-state index contributed by atoms with van der Waals surface area (Å²) in [6.45, 7) is 17.8. The summed E-state index contributed by atoms with van der Waals surface area (Å²) in [5.74, 6) is -1.37. The lowest BCUT2D eigenvalue weighted by Crippen LogP contribution is -2.39. The van der Waals surface area contributed by atoms with E-state index >= 15 is 0 Å². The van der Waals surface area contributed by atoms with Crippen molar-refractivity contribution in [1.29, 1.82) is 0 Å². The molecule has 4 aromatic rings. The molecular weight excluding hydrogens is 710 g/mol. The van der Waals surface area contributed by atoms with Gasteiger partial charge in [-0.3, -0.25) is 9.78 Å². The lowest BCUT2D eigenvalue weighted by molar-refractivity contribution is -0.166. The molecule has 1 saturated heterocycles. The molecule has 1 amide bonds. The number of anilines is 1. The van der Waals surface area contributed by atoms with Gasteiger partial charge in [0.2, 0.25) is 0 Å². The quantitative estimate of drug-likeness (QED) is 0.112. The van der Waals surface area contributed by atoms with Crippen LogP contribution in [-0.4, -0.2) is 47.1 Å². The van der Waals surface area contributed by atoms with Crippen LogP contribution in [0, 0.1) is 25.1 Å². The number of amides is 1. The molecule has 55 heavy (non-hydrogen) atoms. The van der Waals surface area contributed by atoms with E-state index in [4.69, 9.17) is 14.5 Å². The molecule has 3 aromatic carbocycles. The molecule has 1 fully saturated rings. The van der Waals surface area contributed by atoms with Gasteiger partial charge in [0.1, 0.15) is 5.82 Å². The van der Waals surface area contributed by atoms with Gasteiger partial charge in [-0.05, 0) is 113 Å². The molecule has 0 saturated carbocycles. The molecule has 0 unspecified atom stereocenters. The molecular formula is C44H51F4N3O4. The molecule has 0 spiro atoms. The Hall–Kier alpha value is -4.77. The highest BCUT2D eigenvalue weighted by molar-refractivity contribution is 5.94. The number of aryl methyl sites for hydroxylation is 2. The number of ether oxygens (including phenoxy) is 2. The number of carbonyl (C=O) groups excluding carboxylic acids is 2. The molecule has 1 aliphatic rings. The van der Waals surface area contributed by atoms with Crippen molar-refractivity contribution < 1.29 is 36.6 Å². The average Bonchev–Trinajstić information content (AvgIpc) is 3.11. The maximum Gasteiger partial charge on any atom is 0.416 e. The number of hydrogen-bond donors (Lipinski definition) is 0. The Morgan fingerprint density at radius 2 is 1.40 bits per heavy atom. The maximum absolute atomic E-state index is 13.8. The predicted molar refractivity (Wildman–Crippen MR) is 206 cm³/mol. The number of benzene rings is 3. The largest absolute Gasteiger partial charge is 0.464 e. The lowest BCUT2D eigenvalue weighted by atomic mass is 9.81. The van der Waals surface area contributed by atoms with Crippen LogP contribution in [0.25, 0.3) is 11.1 Å². The first-order valence-electron chi connectivity index (χ1n) is 18.7. The minimum atomic E-state index is -4.53. The van der Waals surface area contributed by atoms with E-state index in [0.29, 0.717) is 16.8 Å². The number of halogens is 4. The summed E-state index contributed by atoms with van der Waals surface area (Å²) in [5.41, 5.74) is 4.90. The number of pyridine rings is 1. The maximum atomic E-state index is 13.8. The number of esters is 1. The highest BCUT2D eigenvalue weighted by Crippen LogP contribution is 2.45. The van der Waals surface area contributed by atoms with Gasteiger partial charge in [0.15, 0.2) is 6.10 Å². The van der Waals surface area contributed by atoms with Gasteiger partial charge in [-0.15, -0.1) is 0 Å². The topological polar surface area (TPSA) is 72.0 Å². The molecule has 1 atom stereocenters. The molecule has 0 radical (unpaired) electrons. The monoisotopic (exact) mass is 761 g/mol. The van der Waals surface area contributed by atoms with Crippen LogP contribution in [0.1, 0.15) is 104 Å². The van der Waals surface area contributed by atoms with Gasteiger partial charge in [0, 0.05) is 54.3 Å². The van der Waals surface area contributed by atoms with E-state index in [1.165, 1.54) is 29.2 Å². The standard InChI is InChI=1S/C44H51F4N3O4/c1-9-54-41(53)39(55-42(4,5)6)37-29(3)49-28(2)36(38(37)50-24-22-43(7,8)23-25-50)32-14-10-30(11-15-32)26-51(27-31-12-20-35(45)21-13-31)40(52)33-16-18-34(19-17-33)44(46,47)48/h10-21,39H,9,22-27H2,1-8H3/t39-/m0/s1. The summed E-state index contributed by atoms with van der Waals surface area (Å²) in [7, 11) is 0. The van der Waals surface area contributed by atoms with Gasteiger partial charge in [0.05, 0.1) is 23.5 Å². The van der Waals surface area contributed by atoms with Crippen molar-refractivity contribution in [2.24, 2.45) is 5.41 Å². The first kappa shape index (κ1) is 41.4. The zero-order valence-corrected chi connectivity index (χ0v) is 32.9. The molecule has 5 rings (SSSR count). The highest BCUT2D eigenvalue weighted by Gasteiger charge is 2.37. The van der Waals surface area contributed by atoms with Gasteiger partial charge in [0.25, 0.3) is 5.91 Å². The molecule has 7 nitrogen and oxygen atoms in total. The van der Waals surface area contributed by atoms with Crippen molar-refractivity contribution in [2.45, 2.75) is 99.2 Å². The molecule has 0 aliphatic carbocycles. The van der Waals surface area contributed by atoms with E-state index in [1.54, 1.807) is 19.1 Å².